The van der Waals surface area contributed by atoms with Gasteiger partial charge in [-0.2, -0.15) is 0 Å². The third kappa shape index (κ3) is 5.73. The van der Waals surface area contributed by atoms with E-state index in [1.807, 2.05) is 6.92 Å². The molecule has 7 heteroatoms. The Morgan fingerprint density at radius 3 is 2.70 bits per heavy atom. The standard InChI is InChI=1S/C23H28N2O5/c1-3-21(30-17-9-6-8-16(14-17)28-2)23(27)25-20-12-5-4-11-19(20)22(26)24-15-18-10-7-13-29-18/h4-6,8-9,11-12,14,18,21H,3,7,10,13,15H2,1-2H3,(H,24,26)(H,25,27)/t18-,21+/m0/s1. The number of para-hydroxylation sites is 1. The smallest absolute Gasteiger partial charge is 0.265 e. The van der Waals surface area contributed by atoms with E-state index >= 15 is 0 Å². The summed E-state index contributed by atoms with van der Waals surface area (Å²) in [4.78, 5) is 25.5. The first-order valence-electron chi connectivity index (χ1n) is 10.2. The fourth-order valence-corrected chi connectivity index (χ4v) is 3.27. The lowest BCUT2D eigenvalue weighted by Crippen LogP contribution is -2.35. The van der Waals surface area contributed by atoms with Crippen molar-refractivity contribution in [3.05, 3.63) is 54.1 Å². The molecule has 1 heterocycles. The van der Waals surface area contributed by atoms with Crippen molar-refractivity contribution >= 4 is 17.5 Å². The van der Waals surface area contributed by atoms with Crippen molar-refractivity contribution < 1.29 is 23.8 Å². The second-order valence-electron chi connectivity index (χ2n) is 7.07. The van der Waals surface area contributed by atoms with Crippen molar-refractivity contribution in [1.82, 2.24) is 5.32 Å². The normalized spacial score (nSPS) is 16.5. The molecule has 2 atom stereocenters. The number of amides is 2. The van der Waals surface area contributed by atoms with Crippen LogP contribution in [0.4, 0.5) is 5.69 Å². The highest BCUT2D eigenvalue weighted by Crippen LogP contribution is 2.22. The van der Waals surface area contributed by atoms with Gasteiger partial charge in [0.15, 0.2) is 6.10 Å². The Morgan fingerprint density at radius 2 is 1.97 bits per heavy atom. The number of anilines is 1. The van der Waals surface area contributed by atoms with Gasteiger partial charge in [-0.1, -0.05) is 25.1 Å². The van der Waals surface area contributed by atoms with Crippen LogP contribution in [0.3, 0.4) is 0 Å². The van der Waals surface area contributed by atoms with Crippen molar-refractivity contribution in [3.63, 3.8) is 0 Å². The molecule has 0 saturated carbocycles. The van der Waals surface area contributed by atoms with Crippen LogP contribution < -0.4 is 20.1 Å². The van der Waals surface area contributed by atoms with Crippen LogP contribution in [0.15, 0.2) is 48.5 Å². The van der Waals surface area contributed by atoms with Gasteiger partial charge >= 0.3 is 0 Å². The molecule has 0 unspecified atom stereocenters. The Bertz CT molecular complexity index is 864. The van der Waals surface area contributed by atoms with Crippen LogP contribution >= 0.6 is 0 Å². The molecule has 160 valence electrons. The Kier molecular flexibility index (Phi) is 7.68. The highest BCUT2D eigenvalue weighted by molar-refractivity contribution is 6.04. The van der Waals surface area contributed by atoms with E-state index in [0.29, 0.717) is 35.7 Å². The molecule has 0 bridgehead atoms. The van der Waals surface area contributed by atoms with E-state index in [1.54, 1.807) is 55.6 Å². The summed E-state index contributed by atoms with van der Waals surface area (Å²) < 4.78 is 16.6. The number of carbonyl (C=O) groups is 2. The zero-order valence-electron chi connectivity index (χ0n) is 17.4. The molecule has 2 amide bonds. The average Bonchev–Trinajstić information content (AvgIpc) is 3.30. The second kappa shape index (κ2) is 10.6. The van der Waals surface area contributed by atoms with Crippen LogP contribution in [0.1, 0.15) is 36.5 Å². The minimum absolute atomic E-state index is 0.0523. The van der Waals surface area contributed by atoms with Crippen molar-refractivity contribution in [2.75, 3.05) is 25.6 Å². The number of nitrogens with one attached hydrogen (secondary N) is 2. The fraction of sp³-hybridized carbons (Fsp3) is 0.391. The van der Waals surface area contributed by atoms with E-state index in [4.69, 9.17) is 14.2 Å². The van der Waals surface area contributed by atoms with Crippen LogP contribution in [0, 0.1) is 0 Å². The topological polar surface area (TPSA) is 85.9 Å². The number of hydrogen-bond acceptors (Lipinski definition) is 5. The molecule has 30 heavy (non-hydrogen) atoms. The number of benzene rings is 2. The summed E-state index contributed by atoms with van der Waals surface area (Å²) in [6.07, 6.45) is 1.77. The van der Waals surface area contributed by atoms with Gasteiger partial charge in [0.1, 0.15) is 11.5 Å². The molecule has 0 radical (unpaired) electrons. The fourth-order valence-electron chi connectivity index (χ4n) is 3.27. The number of methoxy groups -OCH3 is 1. The van der Waals surface area contributed by atoms with Crippen molar-refractivity contribution in [2.24, 2.45) is 0 Å². The van der Waals surface area contributed by atoms with Crippen LogP contribution in [-0.2, 0) is 9.53 Å². The van der Waals surface area contributed by atoms with Crippen LogP contribution in [-0.4, -0.2) is 44.3 Å². The SMILES string of the molecule is CC[C@@H](Oc1cccc(OC)c1)C(=O)Nc1ccccc1C(=O)NC[C@@H]1CCCO1. The zero-order chi connectivity index (χ0) is 21.3. The van der Waals surface area contributed by atoms with Gasteiger partial charge in [-0.3, -0.25) is 9.59 Å². The van der Waals surface area contributed by atoms with E-state index in [2.05, 4.69) is 10.6 Å². The lowest BCUT2D eigenvalue weighted by Gasteiger charge is -2.19. The maximum Gasteiger partial charge on any atom is 0.265 e. The summed E-state index contributed by atoms with van der Waals surface area (Å²) in [5, 5.41) is 5.72. The quantitative estimate of drug-likeness (QED) is 0.659. The van der Waals surface area contributed by atoms with Gasteiger partial charge in [0.05, 0.1) is 24.5 Å². The molecular weight excluding hydrogens is 384 g/mol. The first-order chi connectivity index (χ1) is 14.6. The van der Waals surface area contributed by atoms with E-state index < -0.39 is 6.10 Å². The van der Waals surface area contributed by atoms with Crippen molar-refractivity contribution in [1.29, 1.82) is 0 Å². The minimum atomic E-state index is -0.708. The molecule has 2 aromatic carbocycles. The molecule has 1 fully saturated rings. The molecule has 1 aliphatic rings. The molecule has 2 aromatic rings. The Hall–Kier alpha value is -3.06. The van der Waals surface area contributed by atoms with E-state index in [0.717, 1.165) is 19.4 Å². The first kappa shape index (κ1) is 21.6. The third-order valence-corrected chi connectivity index (χ3v) is 4.93. The van der Waals surface area contributed by atoms with E-state index in [-0.39, 0.29) is 17.9 Å². The number of rotatable bonds is 9. The predicted octanol–water partition coefficient (Wildman–Crippen LogP) is 3.40. The van der Waals surface area contributed by atoms with Crippen molar-refractivity contribution in [3.8, 4) is 11.5 Å². The van der Waals surface area contributed by atoms with Crippen molar-refractivity contribution in [2.45, 2.75) is 38.4 Å². The first-order valence-corrected chi connectivity index (χ1v) is 10.2. The zero-order valence-corrected chi connectivity index (χ0v) is 17.4. The number of hydrogen-bond donors (Lipinski definition) is 2. The minimum Gasteiger partial charge on any atom is -0.497 e. The number of carbonyl (C=O) groups excluding carboxylic acids is 2. The molecule has 1 saturated heterocycles. The second-order valence-corrected chi connectivity index (χ2v) is 7.07. The van der Waals surface area contributed by atoms with Crippen LogP contribution in [0.25, 0.3) is 0 Å². The highest BCUT2D eigenvalue weighted by atomic mass is 16.5. The Morgan fingerprint density at radius 1 is 1.17 bits per heavy atom. The lowest BCUT2D eigenvalue weighted by molar-refractivity contribution is -0.122. The van der Waals surface area contributed by atoms with Gasteiger partial charge in [-0.15, -0.1) is 0 Å². The van der Waals surface area contributed by atoms with E-state index in [1.165, 1.54) is 0 Å². The van der Waals surface area contributed by atoms with Gasteiger partial charge in [0.25, 0.3) is 11.8 Å². The summed E-state index contributed by atoms with van der Waals surface area (Å²) in [6.45, 7) is 3.06. The molecule has 0 aliphatic carbocycles. The summed E-state index contributed by atoms with van der Waals surface area (Å²) in [6, 6.07) is 14.0. The highest BCUT2D eigenvalue weighted by Gasteiger charge is 2.22. The van der Waals surface area contributed by atoms with Gasteiger partial charge in [-0.05, 0) is 43.5 Å². The molecular formula is C23H28N2O5. The summed E-state index contributed by atoms with van der Waals surface area (Å²) in [5.74, 6) is 0.623. The van der Waals surface area contributed by atoms with Gasteiger partial charge in [0.2, 0.25) is 0 Å². The summed E-state index contributed by atoms with van der Waals surface area (Å²) in [5.41, 5.74) is 0.847. The van der Waals surface area contributed by atoms with E-state index in [9.17, 15) is 9.59 Å². The monoisotopic (exact) mass is 412 g/mol. The summed E-state index contributed by atoms with van der Waals surface area (Å²) in [7, 11) is 1.57. The maximum absolute atomic E-state index is 12.8. The van der Waals surface area contributed by atoms with Crippen LogP contribution in [0.5, 0.6) is 11.5 Å². The van der Waals surface area contributed by atoms with Gasteiger partial charge in [-0.25, -0.2) is 0 Å². The molecule has 0 spiro atoms. The summed E-state index contributed by atoms with van der Waals surface area (Å²) >= 11 is 0. The Labute approximate surface area is 176 Å². The lowest BCUT2D eigenvalue weighted by atomic mass is 10.1. The molecule has 1 aliphatic heterocycles. The predicted molar refractivity (Wildman–Crippen MR) is 114 cm³/mol. The largest absolute Gasteiger partial charge is 0.497 e. The molecule has 0 aromatic heterocycles. The molecule has 7 nitrogen and oxygen atoms in total. The molecule has 2 N–H and O–H groups in total. The van der Waals surface area contributed by atoms with Gasteiger partial charge in [0, 0.05) is 19.2 Å². The maximum atomic E-state index is 12.8. The Balaban J connectivity index is 1.65. The van der Waals surface area contributed by atoms with Gasteiger partial charge < -0.3 is 24.8 Å². The van der Waals surface area contributed by atoms with Crippen LogP contribution in [0.2, 0.25) is 0 Å². The average molecular weight is 412 g/mol. The third-order valence-electron chi connectivity index (χ3n) is 4.93. The number of ether oxygens (including phenoxy) is 3. The molecule has 3 rings (SSSR count).